The summed E-state index contributed by atoms with van der Waals surface area (Å²) in [7, 11) is 3.85. The molecule has 0 aromatic heterocycles. The van der Waals surface area contributed by atoms with E-state index in [0.29, 0.717) is 18.2 Å². The lowest BCUT2D eigenvalue weighted by Crippen LogP contribution is -2.47. The number of nitrogens with one attached hydrogen (secondary N) is 1. The van der Waals surface area contributed by atoms with E-state index >= 15 is 0 Å². The van der Waals surface area contributed by atoms with Gasteiger partial charge < -0.3 is 19.9 Å². The van der Waals surface area contributed by atoms with Crippen LogP contribution in [0.3, 0.4) is 0 Å². The Hall–Kier alpha value is -2.08. The summed E-state index contributed by atoms with van der Waals surface area (Å²) in [5.41, 5.74) is 0.448. The molecule has 0 bridgehead atoms. The quantitative estimate of drug-likeness (QED) is 0.411. The van der Waals surface area contributed by atoms with Crippen LogP contribution in [0.5, 0.6) is 0 Å². The highest BCUT2D eigenvalue weighted by Gasteiger charge is 2.33. The van der Waals surface area contributed by atoms with E-state index in [9.17, 15) is 9.59 Å². The third-order valence-corrected chi connectivity index (χ3v) is 5.14. The second-order valence-corrected chi connectivity index (χ2v) is 7.74. The second-order valence-electron chi connectivity index (χ2n) is 7.74. The summed E-state index contributed by atoms with van der Waals surface area (Å²) in [6.07, 6.45) is 9.17. The normalized spacial score (nSPS) is 24.5. The van der Waals surface area contributed by atoms with Gasteiger partial charge in [-0.05, 0) is 52.9 Å². The molecule has 0 aromatic rings. The van der Waals surface area contributed by atoms with Crippen molar-refractivity contribution in [2.75, 3.05) is 33.8 Å². The average molecular weight is 392 g/mol. The van der Waals surface area contributed by atoms with Crippen LogP contribution in [0.25, 0.3) is 0 Å². The van der Waals surface area contributed by atoms with Crippen LogP contribution in [-0.4, -0.2) is 67.6 Å². The topological polar surface area (TPSA) is 61.9 Å². The van der Waals surface area contributed by atoms with Gasteiger partial charge in [-0.1, -0.05) is 25.7 Å². The van der Waals surface area contributed by atoms with Crippen LogP contribution in [0.4, 0.5) is 0 Å². The Bertz CT molecular complexity index is 559. The van der Waals surface area contributed by atoms with Gasteiger partial charge in [-0.15, -0.1) is 6.58 Å². The lowest BCUT2D eigenvalue weighted by Gasteiger charge is -2.30. The minimum Gasteiger partial charge on any atom is -0.461 e. The Labute approximate surface area is 170 Å². The molecule has 2 aliphatic rings. The number of likely N-dealkylation sites (N-methyl/N-ethyl adjacent to an activating group) is 1. The fourth-order valence-corrected chi connectivity index (χ4v) is 3.48. The number of likely N-dealkylation sites (tertiary alicyclic amines) is 1. The van der Waals surface area contributed by atoms with Crippen molar-refractivity contribution in [1.29, 1.82) is 0 Å². The Morgan fingerprint density at radius 3 is 2.57 bits per heavy atom. The number of hydrogen-bond donors (Lipinski definition) is 1. The first-order valence-electron chi connectivity index (χ1n) is 10.1. The molecule has 28 heavy (non-hydrogen) atoms. The van der Waals surface area contributed by atoms with Crippen molar-refractivity contribution in [3.05, 3.63) is 37.6 Å². The fourth-order valence-electron chi connectivity index (χ4n) is 3.48. The summed E-state index contributed by atoms with van der Waals surface area (Å²) >= 11 is 0. The smallest absolute Gasteiger partial charge is 0.333 e. The summed E-state index contributed by atoms with van der Waals surface area (Å²) in [5, 5.41) is 3.19. The zero-order chi connectivity index (χ0) is 21.1. The standard InChI is InChI=1S/C14H22N2O.C8H15NO2/c1-3-11-7-5-8-12(15-14(11)17)13-9-6-10-16(13)4-2;1-7(2)8(10)11-6-5-9(3)4/h3-4,11-13H,1-2,5-10H2,(H,15,17);1,5-6H2,2-4H3. The largest absolute Gasteiger partial charge is 0.461 e. The van der Waals surface area contributed by atoms with Gasteiger partial charge >= 0.3 is 5.97 Å². The number of rotatable bonds is 7. The third-order valence-electron chi connectivity index (χ3n) is 5.14. The number of esters is 1. The molecule has 2 aliphatic heterocycles. The van der Waals surface area contributed by atoms with Crippen LogP contribution >= 0.6 is 0 Å². The molecular weight excluding hydrogens is 354 g/mol. The van der Waals surface area contributed by atoms with E-state index < -0.39 is 0 Å². The first-order valence-corrected chi connectivity index (χ1v) is 10.1. The fraction of sp³-hybridized carbons (Fsp3) is 0.636. The summed E-state index contributed by atoms with van der Waals surface area (Å²) < 4.78 is 4.83. The van der Waals surface area contributed by atoms with E-state index in [4.69, 9.17) is 4.74 Å². The lowest BCUT2D eigenvalue weighted by atomic mass is 9.99. The monoisotopic (exact) mass is 391 g/mol. The maximum atomic E-state index is 12.0. The van der Waals surface area contributed by atoms with Crippen molar-refractivity contribution in [1.82, 2.24) is 15.1 Å². The highest BCUT2D eigenvalue weighted by Crippen LogP contribution is 2.26. The van der Waals surface area contributed by atoms with Gasteiger partial charge in [0.15, 0.2) is 0 Å². The van der Waals surface area contributed by atoms with E-state index in [1.54, 1.807) is 13.0 Å². The zero-order valence-electron chi connectivity index (χ0n) is 17.8. The van der Waals surface area contributed by atoms with Crippen LogP contribution < -0.4 is 5.32 Å². The Morgan fingerprint density at radius 1 is 1.29 bits per heavy atom. The van der Waals surface area contributed by atoms with Crippen LogP contribution in [0.15, 0.2) is 37.6 Å². The molecule has 0 saturated carbocycles. The highest BCUT2D eigenvalue weighted by atomic mass is 16.5. The van der Waals surface area contributed by atoms with Crippen LogP contribution in [-0.2, 0) is 14.3 Å². The summed E-state index contributed by atoms with van der Waals surface area (Å²) in [4.78, 5) is 27.0. The van der Waals surface area contributed by atoms with Crippen molar-refractivity contribution in [2.45, 2.75) is 51.1 Å². The molecule has 2 fully saturated rings. The molecule has 0 spiro atoms. The molecule has 3 atom stereocenters. The van der Waals surface area contributed by atoms with Gasteiger partial charge in [0.25, 0.3) is 0 Å². The van der Waals surface area contributed by atoms with Gasteiger partial charge in [-0.2, -0.15) is 0 Å². The molecule has 0 aliphatic carbocycles. The lowest BCUT2D eigenvalue weighted by molar-refractivity contribution is -0.139. The zero-order valence-corrected chi connectivity index (χ0v) is 17.8. The number of carbonyl (C=O) groups is 2. The number of carbonyl (C=O) groups excluding carboxylic acids is 2. The van der Waals surface area contributed by atoms with Crippen LogP contribution in [0.1, 0.15) is 39.0 Å². The van der Waals surface area contributed by atoms with Crippen LogP contribution in [0.2, 0.25) is 0 Å². The predicted octanol–water partition coefficient (Wildman–Crippen LogP) is 2.73. The number of hydrogen-bond acceptors (Lipinski definition) is 5. The van der Waals surface area contributed by atoms with E-state index in [0.717, 1.165) is 38.8 Å². The van der Waals surface area contributed by atoms with Crippen LogP contribution in [0, 0.1) is 5.92 Å². The van der Waals surface area contributed by atoms with Gasteiger partial charge in [0.05, 0.1) is 5.92 Å². The predicted molar refractivity (Wildman–Crippen MR) is 114 cm³/mol. The maximum Gasteiger partial charge on any atom is 0.333 e. The number of nitrogens with zero attached hydrogens (tertiary/aromatic N) is 2. The Balaban J connectivity index is 0.000000311. The van der Waals surface area contributed by atoms with Gasteiger partial charge in [-0.3, -0.25) is 4.79 Å². The molecule has 3 unspecified atom stereocenters. The minimum atomic E-state index is -0.313. The third kappa shape index (κ3) is 7.89. The Morgan fingerprint density at radius 2 is 2.00 bits per heavy atom. The van der Waals surface area contributed by atoms with Gasteiger partial charge in [0.1, 0.15) is 6.61 Å². The first-order chi connectivity index (χ1) is 13.3. The highest BCUT2D eigenvalue weighted by molar-refractivity contribution is 5.86. The molecule has 158 valence electrons. The second kappa shape index (κ2) is 12.4. The molecule has 6 heteroatoms. The van der Waals surface area contributed by atoms with Gasteiger partial charge in [-0.25, -0.2) is 4.79 Å². The molecule has 0 aromatic carbocycles. The van der Waals surface area contributed by atoms with E-state index in [2.05, 4.69) is 30.0 Å². The molecule has 1 amide bonds. The maximum absolute atomic E-state index is 12.0. The molecule has 2 saturated heterocycles. The molecule has 2 rings (SSSR count). The van der Waals surface area contributed by atoms with E-state index in [1.165, 1.54) is 6.42 Å². The van der Waals surface area contributed by atoms with Crippen molar-refractivity contribution in [2.24, 2.45) is 5.92 Å². The van der Waals surface area contributed by atoms with Gasteiger partial charge in [0, 0.05) is 30.7 Å². The molecule has 1 N–H and O–H groups in total. The first kappa shape index (κ1) is 24.0. The average Bonchev–Trinajstić information content (AvgIpc) is 3.04. The molecule has 2 heterocycles. The summed E-state index contributed by atoms with van der Waals surface area (Å²) in [6.45, 7) is 15.0. The Kier molecular flexibility index (Phi) is 10.6. The summed E-state index contributed by atoms with van der Waals surface area (Å²) in [5.74, 6) is -0.163. The SMILES string of the molecule is C=C(C)C(=O)OCCN(C)C.C=CC1CCCC(C2CCCN2C=C)NC1=O. The molecular formula is C22H37N3O3. The van der Waals surface area contributed by atoms with Crippen molar-refractivity contribution >= 4 is 11.9 Å². The van der Waals surface area contributed by atoms with Crippen molar-refractivity contribution < 1.29 is 14.3 Å². The number of amides is 1. The van der Waals surface area contributed by atoms with Crippen molar-refractivity contribution in [3.63, 3.8) is 0 Å². The molecule has 6 nitrogen and oxygen atoms in total. The van der Waals surface area contributed by atoms with E-state index in [1.807, 2.05) is 25.2 Å². The van der Waals surface area contributed by atoms with Crippen molar-refractivity contribution in [3.8, 4) is 0 Å². The van der Waals surface area contributed by atoms with E-state index in [-0.39, 0.29) is 23.8 Å². The summed E-state index contributed by atoms with van der Waals surface area (Å²) in [6, 6.07) is 0.730. The van der Waals surface area contributed by atoms with Gasteiger partial charge in [0.2, 0.25) is 5.91 Å². The number of ether oxygens (including phenoxy) is 1. The molecule has 0 radical (unpaired) electrons. The minimum absolute atomic E-state index is 0.00131.